The van der Waals surface area contributed by atoms with Gasteiger partial charge in [-0.3, -0.25) is 14.0 Å². The molecule has 0 spiro atoms. The van der Waals surface area contributed by atoms with Gasteiger partial charge in [-0.05, 0) is 6.92 Å². The van der Waals surface area contributed by atoms with Crippen LogP contribution in [0.4, 0.5) is 0 Å². The SMILES string of the molecule is CC(O)CN(CCS(=O)(=O)O)CCS(=O)(=O)O. The molecule has 0 fully saturated rings. The van der Waals surface area contributed by atoms with Crippen LogP contribution in [0.2, 0.25) is 0 Å². The maximum Gasteiger partial charge on any atom is 0.266 e. The van der Waals surface area contributed by atoms with E-state index in [2.05, 4.69) is 0 Å². The number of aliphatic hydroxyl groups excluding tert-OH is 1. The molecule has 0 aliphatic carbocycles. The van der Waals surface area contributed by atoms with Gasteiger partial charge in [0.25, 0.3) is 20.2 Å². The molecule has 0 aromatic rings. The summed E-state index contributed by atoms with van der Waals surface area (Å²) in [5.41, 5.74) is 0. The van der Waals surface area contributed by atoms with Gasteiger partial charge in [0.2, 0.25) is 0 Å². The average molecular weight is 291 g/mol. The Balaban J connectivity index is 4.34. The quantitative estimate of drug-likeness (QED) is 0.458. The van der Waals surface area contributed by atoms with Crippen molar-refractivity contribution in [2.75, 3.05) is 31.1 Å². The van der Waals surface area contributed by atoms with Crippen molar-refractivity contribution in [3.8, 4) is 0 Å². The highest BCUT2D eigenvalue weighted by Gasteiger charge is 2.15. The summed E-state index contributed by atoms with van der Waals surface area (Å²) in [5.74, 6) is -1.13. The fraction of sp³-hybridized carbons (Fsp3) is 1.00. The molecular formula is C7H17NO7S2. The van der Waals surface area contributed by atoms with Crippen LogP contribution in [-0.2, 0) is 20.2 Å². The first-order chi connectivity index (χ1) is 7.49. The van der Waals surface area contributed by atoms with Crippen LogP contribution in [0.1, 0.15) is 6.92 Å². The molecule has 0 aromatic heterocycles. The summed E-state index contributed by atoms with van der Waals surface area (Å²) in [4.78, 5) is 1.33. The van der Waals surface area contributed by atoms with Crippen LogP contribution in [0.5, 0.6) is 0 Å². The fourth-order valence-electron chi connectivity index (χ4n) is 1.16. The average Bonchev–Trinajstić information content (AvgIpc) is 2.06. The largest absolute Gasteiger partial charge is 0.392 e. The molecular weight excluding hydrogens is 274 g/mol. The Hall–Kier alpha value is -0.260. The van der Waals surface area contributed by atoms with E-state index in [-0.39, 0.29) is 19.6 Å². The first-order valence-corrected chi connectivity index (χ1v) is 8.02. The topological polar surface area (TPSA) is 132 Å². The summed E-state index contributed by atoms with van der Waals surface area (Å²) in [6.45, 7) is 1.25. The maximum absolute atomic E-state index is 10.5. The summed E-state index contributed by atoms with van der Waals surface area (Å²) in [6, 6.07) is 0. The van der Waals surface area contributed by atoms with Gasteiger partial charge in [-0.15, -0.1) is 0 Å². The van der Waals surface area contributed by atoms with Crippen LogP contribution in [0.25, 0.3) is 0 Å². The first-order valence-electron chi connectivity index (χ1n) is 4.80. The van der Waals surface area contributed by atoms with Gasteiger partial charge in [0.15, 0.2) is 0 Å². The van der Waals surface area contributed by atoms with Gasteiger partial charge in [-0.2, -0.15) is 16.8 Å². The van der Waals surface area contributed by atoms with E-state index >= 15 is 0 Å². The summed E-state index contributed by atoms with van der Waals surface area (Å²) < 4.78 is 59.2. The van der Waals surface area contributed by atoms with E-state index in [1.165, 1.54) is 11.8 Å². The lowest BCUT2D eigenvalue weighted by atomic mass is 10.3. The van der Waals surface area contributed by atoms with Crippen LogP contribution >= 0.6 is 0 Å². The zero-order chi connectivity index (χ0) is 13.7. The molecule has 3 N–H and O–H groups in total. The Kier molecular flexibility index (Phi) is 6.51. The molecule has 0 aliphatic heterocycles. The third kappa shape index (κ3) is 12.0. The van der Waals surface area contributed by atoms with E-state index in [9.17, 15) is 16.8 Å². The fourth-order valence-corrected chi connectivity index (χ4v) is 2.13. The number of hydrogen-bond donors (Lipinski definition) is 3. The van der Waals surface area contributed by atoms with Gasteiger partial charge >= 0.3 is 0 Å². The molecule has 0 saturated heterocycles. The van der Waals surface area contributed by atoms with E-state index < -0.39 is 37.8 Å². The lowest BCUT2D eigenvalue weighted by Gasteiger charge is -2.22. The highest BCUT2D eigenvalue weighted by Crippen LogP contribution is 1.96. The Morgan fingerprint density at radius 1 is 1.00 bits per heavy atom. The summed E-state index contributed by atoms with van der Waals surface area (Å²) in [6.07, 6.45) is -0.780. The molecule has 0 bridgehead atoms. The lowest BCUT2D eigenvalue weighted by Crippen LogP contribution is -2.38. The van der Waals surface area contributed by atoms with E-state index in [4.69, 9.17) is 14.2 Å². The molecule has 17 heavy (non-hydrogen) atoms. The van der Waals surface area contributed by atoms with E-state index in [1.807, 2.05) is 0 Å². The second kappa shape index (κ2) is 6.61. The Morgan fingerprint density at radius 3 is 1.59 bits per heavy atom. The summed E-state index contributed by atoms with van der Waals surface area (Å²) >= 11 is 0. The van der Waals surface area contributed by atoms with Crippen LogP contribution in [-0.4, -0.2) is 73.2 Å². The Labute approximate surface area is 101 Å². The molecule has 0 aliphatic rings. The number of hydrogen-bond acceptors (Lipinski definition) is 6. The first kappa shape index (κ1) is 16.7. The van der Waals surface area contributed by atoms with Crippen molar-refractivity contribution in [3.63, 3.8) is 0 Å². The van der Waals surface area contributed by atoms with Gasteiger partial charge in [-0.1, -0.05) is 0 Å². The van der Waals surface area contributed by atoms with Crippen molar-refractivity contribution in [3.05, 3.63) is 0 Å². The van der Waals surface area contributed by atoms with Crippen LogP contribution in [0.15, 0.2) is 0 Å². The molecule has 8 nitrogen and oxygen atoms in total. The summed E-state index contributed by atoms with van der Waals surface area (Å²) in [7, 11) is -8.29. The predicted molar refractivity (Wildman–Crippen MR) is 61.0 cm³/mol. The molecule has 104 valence electrons. The molecule has 0 radical (unpaired) electrons. The molecule has 1 unspecified atom stereocenters. The highest BCUT2D eigenvalue weighted by molar-refractivity contribution is 7.86. The normalized spacial score (nSPS) is 15.1. The third-order valence-electron chi connectivity index (χ3n) is 1.85. The molecule has 0 saturated carbocycles. The molecule has 0 heterocycles. The van der Waals surface area contributed by atoms with Crippen molar-refractivity contribution < 1.29 is 31.0 Å². The Bertz CT molecular complexity index is 378. The second-order valence-corrected chi connectivity index (χ2v) is 6.87. The van der Waals surface area contributed by atoms with Gasteiger partial charge in [0.1, 0.15) is 0 Å². The zero-order valence-corrected chi connectivity index (χ0v) is 11.0. The van der Waals surface area contributed by atoms with Crippen molar-refractivity contribution in [2.24, 2.45) is 0 Å². The smallest absolute Gasteiger partial charge is 0.266 e. The summed E-state index contributed by atoms with van der Waals surface area (Å²) in [5, 5.41) is 9.12. The van der Waals surface area contributed by atoms with Gasteiger partial charge < -0.3 is 5.11 Å². The minimum absolute atomic E-state index is 0.0467. The molecule has 0 rings (SSSR count). The van der Waals surface area contributed by atoms with Crippen molar-refractivity contribution >= 4 is 20.2 Å². The predicted octanol–water partition coefficient (Wildman–Crippen LogP) is -1.56. The third-order valence-corrected chi connectivity index (χ3v) is 3.25. The second-order valence-electron chi connectivity index (χ2n) is 3.72. The van der Waals surface area contributed by atoms with Gasteiger partial charge in [0.05, 0.1) is 17.6 Å². The maximum atomic E-state index is 10.5. The van der Waals surface area contributed by atoms with Crippen LogP contribution < -0.4 is 0 Å². The molecule has 0 aromatic carbocycles. The monoisotopic (exact) mass is 291 g/mol. The minimum atomic E-state index is -4.14. The van der Waals surface area contributed by atoms with Crippen molar-refractivity contribution in [1.82, 2.24) is 4.90 Å². The van der Waals surface area contributed by atoms with E-state index in [1.54, 1.807) is 0 Å². The van der Waals surface area contributed by atoms with Crippen molar-refractivity contribution in [1.29, 1.82) is 0 Å². The van der Waals surface area contributed by atoms with Gasteiger partial charge in [0, 0.05) is 19.6 Å². The highest BCUT2D eigenvalue weighted by atomic mass is 32.2. The molecule has 10 heteroatoms. The van der Waals surface area contributed by atoms with Crippen LogP contribution in [0.3, 0.4) is 0 Å². The van der Waals surface area contributed by atoms with E-state index in [0.29, 0.717) is 0 Å². The zero-order valence-electron chi connectivity index (χ0n) is 9.35. The van der Waals surface area contributed by atoms with Crippen LogP contribution in [0, 0.1) is 0 Å². The Morgan fingerprint density at radius 2 is 1.35 bits per heavy atom. The standard InChI is InChI=1S/C7H17NO7S2/c1-7(9)6-8(2-4-16(10,11)12)3-5-17(13,14)15/h7,9H,2-6H2,1H3,(H,10,11,12)(H,13,14,15). The lowest BCUT2D eigenvalue weighted by molar-refractivity contribution is 0.133. The molecule has 0 amide bonds. The van der Waals surface area contributed by atoms with Gasteiger partial charge in [-0.25, -0.2) is 0 Å². The number of aliphatic hydroxyl groups is 1. The van der Waals surface area contributed by atoms with E-state index in [0.717, 1.165) is 0 Å². The number of rotatable bonds is 8. The minimum Gasteiger partial charge on any atom is -0.392 e. The van der Waals surface area contributed by atoms with Crippen molar-refractivity contribution in [2.45, 2.75) is 13.0 Å². The molecule has 1 atom stereocenters. The number of nitrogens with zero attached hydrogens (tertiary/aromatic N) is 1.